The summed E-state index contributed by atoms with van der Waals surface area (Å²) >= 11 is 0. The largest absolute Gasteiger partial charge is 0.493 e. The molecule has 0 heterocycles. The Balaban J connectivity index is 2.79. The molecule has 0 amide bonds. The number of hydrogen-bond donors (Lipinski definition) is 2. The van der Waals surface area contributed by atoms with E-state index in [2.05, 4.69) is 0 Å². The Kier molecular flexibility index (Phi) is 5.68. The minimum atomic E-state index is -0.854. The number of carbonyl (C=O) groups is 1. The molecule has 0 bridgehead atoms. The number of nitriles is 1. The Morgan fingerprint density at radius 2 is 2.28 bits per heavy atom. The van der Waals surface area contributed by atoms with Gasteiger partial charge in [0.25, 0.3) is 0 Å². The summed E-state index contributed by atoms with van der Waals surface area (Å²) in [5.41, 5.74) is 6.67. The van der Waals surface area contributed by atoms with Crippen LogP contribution in [0.3, 0.4) is 0 Å². The zero-order chi connectivity index (χ0) is 13.4. The molecule has 1 aromatic carbocycles. The van der Waals surface area contributed by atoms with Crippen molar-refractivity contribution >= 4 is 5.97 Å². The lowest BCUT2D eigenvalue weighted by atomic mass is 10.1. The summed E-state index contributed by atoms with van der Waals surface area (Å²) in [5.74, 6) is -0.281. The van der Waals surface area contributed by atoms with Gasteiger partial charge >= 0.3 is 5.97 Å². The van der Waals surface area contributed by atoms with Crippen molar-refractivity contribution in [3.8, 4) is 11.8 Å². The number of nitrogens with zero attached hydrogens (tertiary/aromatic N) is 1. The van der Waals surface area contributed by atoms with Crippen molar-refractivity contribution in [3.05, 3.63) is 29.3 Å². The number of rotatable bonds is 7. The molecule has 18 heavy (non-hydrogen) atoms. The summed E-state index contributed by atoms with van der Waals surface area (Å²) in [6.07, 6.45) is 1.15. The van der Waals surface area contributed by atoms with Crippen molar-refractivity contribution < 1.29 is 14.6 Å². The molecule has 0 radical (unpaired) electrons. The lowest BCUT2D eigenvalue weighted by Gasteiger charge is -2.11. The zero-order valence-electron chi connectivity index (χ0n) is 10.1. The van der Waals surface area contributed by atoms with E-state index in [1.165, 1.54) is 0 Å². The van der Waals surface area contributed by atoms with Crippen LogP contribution < -0.4 is 10.5 Å². The summed E-state index contributed by atoms with van der Waals surface area (Å²) in [5, 5.41) is 17.5. The third-order valence-electron chi connectivity index (χ3n) is 2.41. The molecular weight excluding hydrogens is 232 g/mol. The van der Waals surface area contributed by atoms with Crippen LogP contribution in [0.2, 0.25) is 0 Å². The van der Waals surface area contributed by atoms with E-state index in [1.807, 2.05) is 6.07 Å². The van der Waals surface area contributed by atoms with E-state index in [1.54, 1.807) is 18.2 Å². The first-order valence-corrected chi connectivity index (χ1v) is 5.75. The van der Waals surface area contributed by atoms with Gasteiger partial charge in [-0.15, -0.1) is 0 Å². The number of aryl methyl sites for hydroxylation is 1. The molecule has 0 aliphatic heterocycles. The Bertz CT molecular complexity index is 452. The number of benzene rings is 1. The van der Waals surface area contributed by atoms with Gasteiger partial charge in [0, 0.05) is 6.42 Å². The van der Waals surface area contributed by atoms with Crippen LogP contribution in [-0.4, -0.2) is 24.2 Å². The molecule has 0 aliphatic carbocycles. The predicted octanol–water partition coefficient (Wildman–Crippen LogP) is 1.30. The van der Waals surface area contributed by atoms with E-state index < -0.39 is 5.97 Å². The van der Waals surface area contributed by atoms with Gasteiger partial charge < -0.3 is 15.6 Å². The van der Waals surface area contributed by atoms with E-state index >= 15 is 0 Å². The number of aliphatic carboxylic acids is 1. The monoisotopic (exact) mass is 248 g/mol. The highest BCUT2D eigenvalue weighted by atomic mass is 16.5. The molecule has 0 aliphatic rings. The highest BCUT2D eigenvalue weighted by Gasteiger charge is 2.07. The molecule has 0 unspecified atom stereocenters. The third-order valence-corrected chi connectivity index (χ3v) is 2.41. The van der Waals surface area contributed by atoms with Gasteiger partial charge in [0.2, 0.25) is 0 Å². The molecular formula is C13H16N2O3. The quantitative estimate of drug-likeness (QED) is 0.709. The molecule has 5 heteroatoms. The first kappa shape index (κ1) is 14.0. The standard InChI is InChI=1S/C13H16N2O3/c14-6-1-7-18-12-8-10(9-15)2-3-11(12)4-5-13(16)17/h2-3,8H,1,4-7,14H2,(H,16,17). The summed E-state index contributed by atoms with van der Waals surface area (Å²) < 4.78 is 5.53. The molecule has 0 atom stereocenters. The number of nitrogens with two attached hydrogens (primary N) is 1. The third kappa shape index (κ3) is 4.44. The predicted molar refractivity (Wildman–Crippen MR) is 66.3 cm³/mol. The van der Waals surface area contributed by atoms with Crippen molar-refractivity contribution in [2.75, 3.05) is 13.2 Å². The molecule has 3 N–H and O–H groups in total. The van der Waals surface area contributed by atoms with E-state index in [9.17, 15) is 4.79 Å². The molecule has 0 saturated carbocycles. The Morgan fingerprint density at radius 3 is 2.89 bits per heavy atom. The van der Waals surface area contributed by atoms with Crippen LogP contribution in [0.1, 0.15) is 24.0 Å². The van der Waals surface area contributed by atoms with Crippen molar-refractivity contribution in [2.24, 2.45) is 5.73 Å². The summed E-state index contributed by atoms with van der Waals surface area (Å²) in [7, 11) is 0. The normalized spacial score (nSPS) is 9.78. The van der Waals surface area contributed by atoms with E-state index in [4.69, 9.17) is 20.8 Å². The Morgan fingerprint density at radius 1 is 1.50 bits per heavy atom. The summed E-state index contributed by atoms with van der Waals surface area (Å²) in [4.78, 5) is 10.6. The van der Waals surface area contributed by atoms with Gasteiger partial charge in [-0.1, -0.05) is 6.07 Å². The summed E-state index contributed by atoms with van der Waals surface area (Å²) in [6.45, 7) is 0.994. The van der Waals surface area contributed by atoms with Crippen LogP contribution >= 0.6 is 0 Å². The summed E-state index contributed by atoms with van der Waals surface area (Å²) in [6, 6.07) is 7.06. The molecule has 1 aromatic rings. The second-order valence-electron chi connectivity index (χ2n) is 3.82. The number of hydrogen-bond acceptors (Lipinski definition) is 4. The molecule has 96 valence electrons. The van der Waals surface area contributed by atoms with Crippen LogP contribution in [-0.2, 0) is 11.2 Å². The van der Waals surface area contributed by atoms with Gasteiger partial charge in [0.1, 0.15) is 5.75 Å². The fourth-order valence-corrected chi connectivity index (χ4v) is 1.47. The Labute approximate surface area is 106 Å². The van der Waals surface area contributed by atoms with Crippen LogP contribution in [0.15, 0.2) is 18.2 Å². The van der Waals surface area contributed by atoms with Gasteiger partial charge in [-0.3, -0.25) is 4.79 Å². The van der Waals surface area contributed by atoms with Gasteiger partial charge in [0.05, 0.1) is 18.2 Å². The molecule has 0 spiro atoms. The first-order valence-electron chi connectivity index (χ1n) is 5.75. The fourth-order valence-electron chi connectivity index (χ4n) is 1.47. The lowest BCUT2D eigenvalue weighted by molar-refractivity contribution is -0.136. The molecule has 0 saturated heterocycles. The Hall–Kier alpha value is -2.06. The minimum Gasteiger partial charge on any atom is -0.493 e. The van der Waals surface area contributed by atoms with Crippen LogP contribution in [0.5, 0.6) is 5.75 Å². The zero-order valence-corrected chi connectivity index (χ0v) is 10.1. The highest BCUT2D eigenvalue weighted by Crippen LogP contribution is 2.22. The highest BCUT2D eigenvalue weighted by molar-refractivity contribution is 5.67. The van der Waals surface area contributed by atoms with E-state index in [0.717, 1.165) is 12.0 Å². The maximum Gasteiger partial charge on any atom is 0.303 e. The second-order valence-corrected chi connectivity index (χ2v) is 3.82. The number of ether oxygens (including phenoxy) is 1. The molecule has 1 rings (SSSR count). The van der Waals surface area contributed by atoms with Gasteiger partial charge in [-0.2, -0.15) is 5.26 Å². The van der Waals surface area contributed by atoms with Crippen LogP contribution in [0, 0.1) is 11.3 Å². The number of carboxylic acids is 1. The van der Waals surface area contributed by atoms with E-state index in [-0.39, 0.29) is 6.42 Å². The second kappa shape index (κ2) is 7.30. The van der Waals surface area contributed by atoms with E-state index in [0.29, 0.717) is 30.9 Å². The molecule has 0 fully saturated rings. The van der Waals surface area contributed by atoms with Crippen LogP contribution in [0.4, 0.5) is 0 Å². The first-order chi connectivity index (χ1) is 8.67. The number of carboxylic acid groups (broad SMARTS) is 1. The minimum absolute atomic E-state index is 0.0408. The van der Waals surface area contributed by atoms with Gasteiger partial charge in [-0.05, 0) is 37.1 Å². The fraction of sp³-hybridized carbons (Fsp3) is 0.385. The smallest absolute Gasteiger partial charge is 0.303 e. The van der Waals surface area contributed by atoms with Crippen molar-refractivity contribution in [1.29, 1.82) is 5.26 Å². The maximum atomic E-state index is 10.6. The molecule has 5 nitrogen and oxygen atoms in total. The SMILES string of the molecule is N#Cc1ccc(CCC(=O)O)c(OCCCN)c1. The molecule has 0 aromatic heterocycles. The maximum absolute atomic E-state index is 10.6. The van der Waals surface area contributed by atoms with Gasteiger partial charge in [-0.25, -0.2) is 0 Å². The topological polar surface area (TPSA) is 96.3 Å². The average molecular weight is 248 g/mol. The lowest BCUT2D eigenvalue weighted by Crippen LogP contribution is -2.08. The average Bonchev–Trinajstić information content (AvgIpc) is 2.37. The van der Waals surface area contributed by atoms with Crippen molar-refractivity contribution in [1.82, 2.24) is 0 Å². The van der Waals surface area contributed by atoms with Gasteiger partial charge in [0.15, 0.2) is 0 Å². The van der Waals surface area contributed by atoms with Crippen molar-refractivity contribution in [2.45, 2.75) is 19.3 Å². The van der Waals surface area contributed by atoms with Crippen LogP contribution in [0.25, 0.3) is 0 Å². The van der Waals surface area contributed by atoms with Crippen molar-refractivity contribution in [3.63, 3.8) is 0 Å².